The fraction of sp³-hybridized carbons (Fsp3) is 0.833. The van der Waals surface area contributed by atoms with Crippen LogP contribution >= 0.6 is 0 Å². The van der Waals surface area contributed by atoms with Crippen molar-refractivity contribution in [2.24, 2.45) is 5.92 Å². The largest absolute Gasteiger partial charge is 0.314 e. The Kier molecular flexibility index (Phi) is 2.93. The highest BCUT2D eigenvalue weighted by molar-refractivity contribution is 4.97. The number of hydrogen-bond acceptors (Lipinski definition) is 2. The number of piperazine rings is 1. The van der Waals surface area contributed by atoms with Crippen LogP contribution in [0.4, 0.5) is 0 Å². The van der Waals surface area contributed by atoms with E-state index in [1.54, 1.807) is 0 Å². The smallest absolute Gasteiger partial charge is 0.0278 e. The maximum atomic E-state index is 3.47. The van der Waals surface area contributed by atoms with E-state index in [0.29, 0.717) is 5.54 Å². The quantitative estimate of drug-likeness (QED) is 0.672. The average molecular weight is 194 g/mol. The Labute approximate surface area is 87.4 Å². The fourth-order valence-electron chi connectivity index (χ4n) is 2.50. The molecular formula is C12H22N2. The highest BCUT2D eigenvalue weighted by atomic mass is 15.2. The summed E-state index contributed by atoms with van der Waals surface area (Å²) in [5.41, 5.74) is 0.348. The molecule has 1 aliphatic heterocycles. The lowest BCUT2D eigenvalue weighted by Crippen LogP contribution is -2.58. The molecule has 2 aliphatic rings. The minimum atomic E-state index is 0.348. The molecule has 1 aliphatic carbocycles. The van der Waals surface area contributed by atoms with Gasteiger partial charge in [0.25, 0.3) is 0 Å². The molecule has 0 saturated carbocycles. The second kappa shape index (κ2) is 4.03. The summed E-state index contributed by atoms with van der Waals surface area (Å²) in [5, 5.41) is 3.47. The molecule has 2 rings (SSSR count). The Morgan fingerprint density at radius 1 is 1.36 bits per heavy atom. The molecule has 0 amide bonds. The van der Waals surface area contributed by atoms with E-state index in [4.69, 9.17) is 0 Å². The van der Waals surface area contributed by atoms with Crippen LogP contribution in [-0.4, -0.2) is 36.6 Å². The summed E-state index contributed by atoms with van der Waals surface area (Å²) in [6, 6.07) is 0. The third-order valence-corrected chi connectivity index (χ3v) is 3.56. The Hall–Kier alpha value is -0.340. The number of hydrogen-bond donors (Lipinski definition) is 1. The minimum Gasteiger partial charge on any atom is -0.314 e. The van der Waals surface area contributed by atoms with Gasteiger partial charge in [-0.2, -0.15) is 0 Å². The van der Waals surface area contributed by atoms with Crippen molar-refractivity contribution >= 4 is 0 Å². The van der Waals surface area contributed by atoms with Crippen LogP contribution in [0.5, 0.6) is 0 Å². The number of nitrogens with zero attached hydrogens (tertiary/aromatic N) is 1. The Balaban J connectivity index is 1.88. The minimum absolute atomic E-state index is 0.348. The van der Waals surface area contributed by atoms with Crippen LogP contribution in [0.15, 0.2) is 12.2 Å². The SMILES string of the molecule is CC1(C)CNCCN1CC1CC=CC1. The van der Waals surface area contributed by atoms with Crippen LogP contribution in [0, 0.1) is 5.92 Å². The second-order valence-electron chi connectivity index (χ2n) is 5.24. The maximum absolute atomic E-state index is 3.47. The van der Waals surface area contributed by atoms with Crippen LogP contribution in [0.3, 0.4) is 0 Å². The van der Waals surface area contributed by atoms with E-state index in [-0.39, 0.29) is 0 Å². The number of rotatable bonds is 2. The van der Waals surface area contributed by atoms with E-state index < -0.39 is 0 Å². The first kappa shape index (κ1) is 10.2. The third-order valence-electron chi connectivity index (χ3n) is 3.56. The van der Waals surface area contributed by atoms with Gasteiger partial charge >= 0.3 is 0 Å². The molecule has 0 radical (unpaired) electrons. The molecule has 0 bridgehead atoms. The van der Waals surface area contributed by atoms with Crippen molar-refractivity contribution in [3.8, 4) is 0 Å². The summed E-state index contributed by atoms with van der Waals surface area (Å²) in [6.45, 7) is 9.48. The predicted molar refractivity (Wildman–Crippen MR) is 60.4 cm³/mol. The molecule has 0 aromatic rings. The lowest BCUT2D eigenvalue weighted by Gasteiger charge is -2.44. The molecule has 2 heteroatoms. The number of allylic oxidation sites excluding steroid dienone is 2. The van der Waals surface area contributed by atoms with Gasteiger partial charge in [0.05, 0.1) is 0 Å². The molecule has 1 N–H and O–H groups in total. The van der Waals surface area contributed by atoms with Gasteiger partial charge in [0.2, 0.25) is 0 Å². The van der Waals surface area contributed by atoms with Crippen LogP contribution in [0.25, 0.3) is 0 Å². The molecule has 1 fully saturated rings. The first-order valence-corrected chi connectivity index (χ1v) is 5.79. The zero-order chi connectivity index (χ0) is 10.0. The molecule has 1 heterocycles. The predicted octanol–water partition coefficient (Wildman–Crippen LogP) is 1.64. The Morgan fingerprint density at radius 2 is 2.07 bits per heavy atom. The summed E-state index contributed by atoms with van der Waals surface area (Å²) in [7, 11) is 0. The summed E-state index contributed by atoms with van der Waals surface area (Å²) in [6.07, 6.45) is 7.25. The maximum Gasteiger partial charge on any atom is 0.0278 e. The van der Waals surface area contributed by atoms with Gasteiger partial charge in [0, 0.05) is 31.7 Å². The van der Waals surface area contributed by atoms with Gasteiger partial charge in [0.1, 0.15) is 0 Å². The monoisotopic (exact) mass is 194 g/mol. The van der Waals surface area contributed by atoms with E-state index in [1.165, 1.54) is 25.9 Å². The van der Waals surface area contributed by atoms with Crippen LogP contribution in [0.2, 0.25) is 0 Å². The van der Waals surface area contributed by atoms with Gasteiger partial charge < -0.3 is 5.32 Å². The van der Waals surface area contributed by atoms with Crippen molar-refractivity contribution in [2.75, 3.05) is 26.2 Å². The molecule has 2 nitrogen and oxygen atoms in total. The van der Waals surface area contributed by atoms with Gasteiger partial charge in [-0.05, 0) is 32.6 Å². The van der Waals surface area contributed by atoms with Gasteiger partial charge in [-0.3, -0.25) is 4.90 Å². The van der Waals surface area contributed by atoms with Crippen LogP contribution in [-0.2, 0) is 0 Å². The lowest BCUT2D eigenvalue weighted by atomic mass is 9.97. The molecule has 14 heavy (non-hydrogen) atoms. The van der Waals surface area contributed by atoms with Crippen molar-refractivity contribution in [1.82, 2.24) is 10.2 Å². The molecule has 0 unspecified atom stereocenters. The van der Waals surface area contributed by atoms with Gasteiger partial charge in [-0.1, -0.05) is 12.2 Å². The Morgan fingerprint density at radius 3 is 2.71 bits per heavy atom. The summed E-state index contributed by atoms with van der Waals surface area (Å²) in [5.74, 6) is 0.882. The normalized spacial score (nSPS) is 28.4. The van der Waals surface area contributed by atoms with Gasteiger partial charge in [0.15, 0.2) is 0 Å². The van der Waals surface area contributed by atoms with Crippen molar-refractivity contribution in [3.05, 3.63) is 12.2 Å². The van der Waals surface area contributed by atoms with E-state index >= 15 is 0 Å². The molecule has 80 valence electrons. The zero-order valence-corrected chi connectivity index (χ0v) is 9.42. The summed E-state index contributed by atoms with van der Waals surface area (Å²) in [4.78, 5) is 2.65. The molecular weight excluding hydrogens is 172 g/mol. The molecule has 0 atom stereocenters. The average Bonchev–Trinajstić information content (AvgIpc) is 2.61. The van der Waals surface area contributed by atoms with E-state index in [1.807, 2.05) is 0 Å². The van der Waals surface area contributed by atoms with Crippen molar-refractivity contribution < 1.29 is 0 Å². The lowest BCUT2D eigenvalue weighted by molar-refractivity contribution is 0.0745. The first-order valence-electron chi connectivity index (χ1n) is 5.79. The molecule has 0 aromatic heterocycles. The van der Waals surface area contributed by atoms with Crippen molar-refractivity contribution in [2.45, 2.75) is 32.2 Å². The zero-order valence-electron chi connectivity index (χ0n) is 9.42. The van der Waals surface area contributed by atoms with E-state index in [2.05, 4.69) is 36.2 Å². The van der Waals surface area contributed by atoms with Gasteiger partial charge in [-0.25, -0.2) is 0 Å². The van der Waals surface area contributed by atoms with Crippen LogP contribution < -0.4 is 5.32 Å². The summed E-state index contributed by atoms with van der Waals surface area (Å²) < 4.78 is 0. The topological polar surface area (TPSA) is 15.3 Å². The van der Waals surface area contributed by atoms with Gasteiger partial charge in [-0.15, -0.1) is 0 Å². The summed E-state index contributed by atoms with van der Waals surface area (Å²) >= 11 is 0. The van der Waals surface area contributed by atoms with Crippen molar-refractivity contribution in [3.63, 3.8) is 0 Å². The van der Waals surface area contributed by atoms with E-state index in [9.17, 15) is 0 Å². The first-order chi connectivity index (χ1) is 6.68. The molecule has 0 spiro atoms. The highest BCUT2D eigenvalue weighted by Crippen LogP contribution is 2.24. The van der Waals surface area contributed by atoms with Crippen LogP contribution in [0.1, 0.15) is 26.7 Å². The fourth-order valence-corrected chi connectivity index (χ4v) is 2.50. The third kappa shape index (κ3) is 2.18. The highest BCUT2D eigenvalue weighted by Gasteiger charge is 2.30. The van der Waals surface area contributed by atoms with Crippen molar-refractivity contribution in [1.29, 1.82) is 0 Å². The standard InChI is InChI=1S/C12H22N2/c1-12(2)10-13-7-8-14(12)9-11-5-3-4-6-11/h3-4,11,13H,5-10H2,1-2H3. The second-order valence-corrected chi connectivity index (χ2v) is 5.24. The molecule has 1 saturated heterocycles. The van der Waals surface area contributed by atoms with E-state index in [0.717, 1.165) is 19.0 Å². The number of nitrogens with one attached hydrogen (secondary N) is 1. The Bertz CT molecular complexity index is 212. The molecule has 0 aromatic carbocycles.